The van der Waals surface area contributed by atoms with E-state index in [-0.39, 0.29) is 0 Å². The maximum absolute atomic E-state index is 5.30. The lowest BCUT2D eigenvalue weighted by molar-refractivity contribution is 1.08. The van der Waals surface area contributed by atoms with Gasteiger partial charge in [-0.3, -0.25) is 4.57 Å². The van der Waals surface area contributed by atoms with E-state index in [9.17, 15) is 0 Å². The van der Waals surface area contributed by atoms with E-state index in [4.69, 9.17) is 9.97 Å². The Hall–Kier alpha value is -5.54. The standard InChI is InChI=1S/C38H23N3/c1-2-11-26-23-36-32(22-25(26)10-1)31-13-5-8-16-35(31)41(36)38-37(39-33-14-6-7-15-34(33)40-38)28-19-20-30-27(21-28)18-17-24-9-3-4-12-29(24)30/h1-23H. The molecule has 0 unspecified atom stereocenters. The van der Waals surface area contributed by atoms with Gasteiger partial charge in [0.1, 0.15) is 5.69 Å². The van der Waals surface area contributed by atoms with Crippen LogP contribution in [0, 0.1) is 0 Å². The van der Waals surface area contributed by atoms with Crippen molar-refractivity contribution >= 4 is 65.2 Å². The Morgan fingerprint density at radius 3 is 1.88 bits per heavy atom. The lowest BCUT2D eigenvalue weighted by Crippen LogP contribution is -2.03. The van der Waals surface area contributed by atoms with Crippen molar-refractivity contribution in [1.82, 2.24) is 14.5 Å². The summed E-state index contributed by atoms with van der Waals surface area (Å²) in [7, 11) is 0. The predicted molar refractivity (Wildman–Crippen MR) is 172 cm³/mol. The van der Waals surface area contributed by atoms with E-state index >= 15 is 0 Å². The minimum Gasteiger partial charge on any atom is -0.292 e. The number of nitrogens with zero attached hydrogens (tertiary/aromatic N) is 3. The average Bonchev–Trinajstić information content (AvgIpc) is 3.35. The highest BCUT2D eigenvalue weighted by molar-refractivity contribution is 6.14. The second-order valence-corrected chi connectivity index (χ2v) is 10.7. The molecule has 0 N–H and O–H groups in total. The molecule has 0 aliphatic carbocycles. The van der Waals surface area contributed by atoms with Gasteiger partial charge in [-0.15, -0.1) is 0 Å². The highest BCUT2D eigenvalue weighted by Gasteiger charge is 2.20. The summed E-state index contributed by atoms with van der Waals surface area (Å²) in [5, 5.41) is 9.80. The summed E-state index contributed by atoms with van der Waals surface area (Å²) < 4.78 is 2.30. The summed E-state index contributed by atoms with van der Waals surface area (Å²) in [5.74, 6) is 0.838. The quantitative estimate of drug-likeness (QED) is 0.212. The molecule has 9 aromatic rings. The van der Waals surface area contributed by atoms with Crippen molar-refractivity contribution < 1.29 is 0 Å². The van der Waals surface area contributed by atoms with Crippen molar-refractivity contribution in [2.24, 2.45) is 0 Å². The molecule has 41 heavy (non-hydrogen) atoms. The third kappa shape index (κ3) is 3.33. The second kappa shape index (κ2) is 8.48. The molecule has 0 fully saturated rings. The molecule has 3 nitrogen and oxygen atoms in total. The van der Waals surface area contributed by atoms with Crippen molar-refractivity contribution in [2.75, 3.05) is 0 Å². The van der Waals surface area contributed by atoms with Crippen LogP contribution in [0.5, 0.6) is 0 Å². The zero-order valence-corrected chi connectivity index (χ0v) is 22.1. The van der Waals surface area contributed by atoms with Crippen LogP contribution in [0.4, 0.5) is 0 Å². The summed E-state index contributed by atoms with van der Waals surface area (Å²) in [4.78, 5) is 10.6. The molecule has 0 saturated heterocycles. The largest absolute Gasteiger partial charge is 0.292 e. The highest BCUT2D eigenvalue weighted by atomic mass is 15.1. The zero-order chi connectivity index (χ0) is 26.9. The highest BCUT2D eigenvalue weighted by Crippen LogP contribution is 2.38. The van der Waals surface area contributed by atoms with Crippen LogP contribution in [0.3, 0.4) is 0 Å². The van der Waals surface area contributed by atoms with Crippen molar-refractivity contribution in [2.45, 2.75) is 0 Å². The van der Waals surface area contributed by atoms with E-state index in [0.717, 1.165) is 39.1 Å². The molecule has 3 heteroatoms. The Balaban J connectivity index is 1.40. The number of fused-ring (bicyclic) bond motifs is 8. The van der Waals surface area contributed by atoms with E-state index in [1.165, 1.54) is 43.1 Å². The molecule has 190 valence electrons. The first-order valence-corrected chi connectivity index (χ1v) is 13.9. The summed E-state index contributed by atoms with van der Waals surface area (Å²) in [6, 6.07) is 49.6. The minimum atomic E-state index is 0.838. The Morgan fingerprint density at radius 1 is 0.390 bits per heavy atom. The van der Waals surface area contributed by atoms with Crippen molar-refractivity contribution in [3.63, 3.8) is 0 Å². The van der Waals surface area contributed by atoms with Crippen LogP contribution in [-0.2, 0) is 0 Å². The minimum absolute atomic E-state index is 0.838. The van der Waals surface area contributed by atoms with Gasteiger partial charge in [0.15, 0.2) is 5.82 Å². The molecule has 2 heterocycles. The van der Waals surface area contributed by atoms with E-state index in [2.05, 4.69) is 120 Å². The Labute approximate surface area is 235 Å². The smallest absolute Gasteiger partial charge is 0.165 e. The molecule has 0 aliphatic rings. The third-order valence-corrected chi connectivity index (χ3v) is 8.32. The van der Waals surface area contributed by atoms with E-state index < -0.39 is 0 Å². The number of rotatable bonds is 2. The molecule has 0 radical (unpaired) electrons. The molecule has 0 aliphatic heterocycles. The van der Waals surface area contributed by atoms with Crippen LogP contribution in [-0.4, -0.2) is 14.5 Å². The molecule has 0 amide bonds. The number of hydrogen-bond donors (Lipinski definition) is 0. The fourth-order valence-corrected chi connectivity index (χ4v) is 6.38. The molecule has 0 bridgehead atoms. The molecule has 2 aromatic heterocycles. The van der Waals surface area contributed by atoms with Gasteiger partial charge in [0.05, 0.1) is 22.1 Å². The third-order valence-electron chi connectivity index (χ3n) is 8.32. The first-order valence-electron chi connectivity index (χ1n) is 13.9. The van der Waals surface area contributed by atoms with Gasteiger partial charge in [0.2, 0.25) is 0 Å². The van der Waals surface area contributed by atoms with Gasteiger partial charge in [0, 0.05) is 16.3 Å². The van der Waals surface area contributed by atoms with Crippen LogP contribution < -0.4 is 0 Å². The molecule has 7 aromatic carbocycles. The van der Waals surface area contributed by atoms with Gasteiger partial charge in [0.25, 0.3) is 0 Å². The number of benzene rings is 7. The van der Waals surface area contributed by atoms with Gasteiger partial charge in [-0.25, -0.2) is 9.97 Å². The summed E-state index contributed by atoms with van der Waals surface area (Å²) in [6.07, 6.45) is 0. The molecular weight excluding hydrogens is 498 g/mol. The van der Waals surface area contributed by atoms with E-state index in [1.807, 2.05) is 24.3 Å². The second-order valence-electron chi connectivity index (χ2n) is 10.7. The average molecular weight is 522 g/mol. The number of para-hydroxylation sites is 3. The predicted octanol–water partition coefficient (Wildman–Crippen LogP) is 9.85. The van der Waals surface area contributed by atoms with Gasteiger partial charge in [-0.1, -0.05) is 103 Å². The van der Waals surface area contributed by atoms with Crippen LogP contribution in [0.15, 0.2) is 140 Å². The van der Waals surface area contributed by atoms with Gasteiger partial charge < -0.3 is 0 Å². The first kappa shape index (κ1) is 22.3. The Kier molecular flexibility index (Phi) is 4.61. The van der Waals surface area contributed by atoms with Crippen LogP contribution in [0.25, 0.3) is 82.2 Å². The fourth-order valence-electron chi connectivity index (χ4n) is 6.38. The van der Waals surface area contributed by atoms with Crippen LogP contribution in [0.2, 0.25) is 0 Å². The maximum Gasteiger partial charge on any atom is 0.165 e. The molecular formula is C38H23N3. The number of hydrogen-bond acceptors (Lipinski definition) is 2. The van der Waals surface area contributed by atoms with Crippen molar-refractivity contribution in [1.29, 1.82) is 0 Å². The summed E-state index contributed by atoms with van der Waals surface area (Å²) in [5.41, 5.74) is 5.93. The summed E-state index contributed by atoms with van der Waals surface area (Å²) >= 11 is 0. The van der Waals surface area contributed by atoms with Crippen LogP contribution in [0.1, 0.15) is 0 Å². The van der Waals surface area contributed by atoms with Crippen molar-refractivity contribution in [3.05, 3.63) is 140 Å². The maximum atomic E-state index is 5.30. The van der Waals surface area contributed by atoms with Gasteiger partial charge >= 0.3 is 0 Å². The van der Waals surface area contributed by atoms with E-state index in [0.29, 0.717) is 0 Å². The Bertz CT molecular complexity index is 2490. The zero-order valence-electron chi connectivity index (χ0n) is 22.1. The van der Waals surface area contributed by atoms with Crippen LogP contribution >= 0.6 is 0 Å². The SMILES string of the molecule is c1ccc2cc3c(cc2c1)c1ccccc1n3-c1nc2ccccc2nc1-c1ccc2c(ccc3ccccc32)c1. The lowest BCUT2D eigenvalue weighted by atomic mass is 9.99. The Morgan fingerprint density at radius 2 is 1.02 bits per heavy atom. The summed E-state index contributed by atoms with van der Waals surface area (Å²) in [6.45, 7) is 0. The van der Waals surface area contributed by atoms with Gasteiger partial charge in [-0.05, 0) is 68.7 Å². The molecule has 0 saturated carbocycles. The monoisotopic (exact) mass is 521 g/mol. The van der Waals surface area contributed by atoms with E-state index in [1.54, 1.807) is 0 Å². The normalized spacial score (nSPS) is 11.9. The first-order chi connectivity index (χ1) is 20.3. The van der Waals surface area contributed by atoms with Gasteiger partial charge in [-0.2, -0.15) is 0 Å². The molecule has 0 atom stereocenters. The number of aromatic nitrogens is 3. The molecule has 9 rings (SSSR count). The molecule has 0 spiro atoms. The lowest BCUT2D eigenvalue weighted by Gasteiger charge is -2.14. The topological polar surface area (TPSA) is 30.7 Å². The fraction of sp³-hybridized carbons (Fsp3) is 0. The van der Waals surface area contributed by atoms with Crippen molar-refractivity contribution in [3.8, 4) is 17.1 Å².